The van der Waals surface area contributed by atoms with E-state index in [4.69, 9.17) is 21.4 Å². The monoisotopic (exact) mass is 692 g/mol. The van der Waals surface area contributed by atoms with Crippen LogP contribution in [0.25, 0.3) is 0 Å². The lowest BCUT2D eigenvalue weighted by molar-refractivity contribution is -0.175. The molecule has 4 N–H and O–H groups in total. The summed E-state index contributed by atoms with van der Waals surface area (Å²) in [5, 5.41) is 16.3. The molecule has 0 fully saturated rings. The number of rotatable bonds is 14. The van der Waals surface area contributed by atoms with Crippen molar-refractivity contribution >= 4 is 41.1 Å². The topological polar surface area (TPSA) is 173 Å². The van der Waals surface area contributed by atoms with Crippen molar-refractivity contribution in [1.82, 2.24) is 20.5 Å². The summed E-state index contributed by atoms with van der Waals surface area (Å²) in [6, 6.07) is 8.94. The van der Waals surface area contributed by atoms with Gasteiger partial charge in [-0.25, -0.2) is 0 Å². The zero-order valence-corrected chi connectivity index (χ0v) is 26.6. The van der Waals surface area contributed by atoms with Crippen LogP contribution in [-0.2, 0) is 32.1 Å². The summed E-state index contributed by atoms with van der Waals surface area (Å²) in [5.41, 5.74) is -0.426. The number of carboxylic acid groups (broad SMARTS) is 1. The van der Waals surface area contributed by atoms with E-state index in [9.17, 15) is 41.9 Å². The summed E-state index contributed by atoms with van der Waals surface area (Å²) >= 11 is 6.10. The van der Waals surface area contributed by atoms with Crippen molar-refractivity contribution in [1.29, 1.82) is 0 Å². The number of Topliss-reactive ketones (excluding diaryl/α,β-unsaturated/α-hetero) is 1. The Kier molecular flexibility index (Phi) is 12.5. The quantitative estimate of drug-likeness (QED) is 0.200. The minimum atomic E-state index is -5.25. The zero-order chi connectivity index (χ0) is 35.8. The fraction of sp³-hybridized carbons (Fsp3) is 0.312. The van der Waals surface area contributed by atoms with E-state index in [1.54, 1.807) is 18.2 Å². The Morgan fingerprint density at radius 3 is 2.15 bits per heavy atom. The lowest BCUT2D eigenvalue weighted by Gasteiger charge is -2.27. The number of halogens is 4. The summed E-state index contributed by atoms with van der Waals surface area (Å²) in [6.45, 7) is 1.97. The van der Waals surface area contributed by atoms with E-state index in [-0.39, 0.29) is 17.5 Å². The van der Waals surface area contributed by atoms with Gasteiger partial charge in [-0.15, -0.1) is 0 Å². The zero-order valence-electron chi connectivity index (χ0n) is 25.8. The minimum Gasteiger partial charge on any atom is -0.497 e. The van der Waals surface area contributed by atoms with Crippen molar-refractivity contribution in [2.45, 2.75) is 51.1 Å². The maximum absolute atomic E-state index is 13.8. The molecule has 0 radical (unpaired) electrons. The first-order chi connectivity index (χ1) is 22.5. The van der Waals surface area contributed by atoms with Crippen molar-refractivity contribution in [3.8, 4) is 5.75 Å². The van der Waals surface area contributed by atoms with Gasteiger partial charge in [0.1, 0.15) is 24.4 Å². The summed E-state index contributed by atoms with van der Waals surface area (Å²) in [6.07, 6.45) is -4.34. The molecule has 256 valence electrons. The molecule has 0 saturated carbocycles. The molecule has 3 unspecified atom stereocenters. The van der Waals surface area contributed by atoms with E-state index >= 15 is 0 Å². The summed E-state index contributed by atoms with van der Waals surface area (Å²) in [4.78, 5) is 76.1. The van der Waals surface area contributed by atoms with Crippen LogP contribution in [0.5, 0.6) is 5.75 Å². The number of pyridine rings is 1. The highest BCUT2D eigenvalue weighted by molar-refractivity contribution is 6.30. The average Bonchev–Trinajstić information content (AvgIpc) is 3.01. The van der Waals surface area contributed by atoms with Crippen LogP contribution in [0.3, 0.4) is 0 Å². The molecule has 0 spiro atoms. The molecule has 1 aromatic heterocycles. The van der Waals surface area contributed by atoms with Gasteiger partial charge in [-0.05, 0) is 47.4 Å². The van der Waals surface area contributed by atoms with Crippen LogP contribution in [0, 0.1) is 5.92 Å². The highest BCUT2D eigenvalue weighted by Gasteiger charge is 2.45. The number of methoxy groups -OCH3 is 1. The second-order valence-corrected chi connectivity index (χ2v) is 11.4. The van der Waals surface area contributed by atoms with Crippen LogP contribution in [0.2, 0.25) is 5.02 Å². The largest absolute Gasteiger partial charge is 0.497 e. The number of ether oxygens (including phenoxy) is 1. The molecular weight excluding hydrogens is 661 g/mol. The van der Waals surface area contributed by atoms with Gasteiger partial charge in [-0.3, -0.25) is 28.8 Å². The predicted molar refractivity (Wildman–Crippen MR) is 166 cm³/mol. The number of aliphatic carboxylic acids is 1. The van der Waals surface area contributed by atoms with E-state index in [1.807, 2.05) is 0 Å². The molecule has 0 bridgehead atoms. The van der Waals surface area contributed by atoms with E-state index in [0.717, 1.165) is 16.8 Å². The first-order valence-electron chi connectivity index (χ1n) is 14.3. The van der Waals surface area contributed by atoms with Gasteiger partial charge in [0, 0.05) is 29.3 Å². The molecule has 0 aliphatic heterocycles. The SMILES string of the molecule is COc1ccc(C(NC(=O)C(Cc2cccc(Cl)c2)NC(=O)c2ccn(CC(=O)O)c(=O)c2)C(=O)NC(C(=O)C(F)(F)F)C(C)C)cc1. The van der Waals surface area contributed by atoms with Crippen LogP contribution in [-0.4, -0.2) is 64.5 Å². The molecule has 48 heavy (non-hydrogen) atoms. The fourth-order valence-corrected chi connectivity index (χ4v) is 4.78. The van der Waals surface area contributed by atoms with Crippen LogP contribution in [0.1, 0.15) is 41.4 Å². The van der Waals surface area contributed by atoms with Crippen LogP contribution >= 0.6 is 11.6 Å². The smallest absolute Gasteiger partial charge is 0.452 e. The summed E-state index contributed by atoms with van der Waals surface area (Å²) in [7, 11) is 1.38. The maximum Gasteiger partial charge on any atom is 0.452 e. The highest BCUT2D eigenvalue weighted by Crippen LogP contribution is 2.23. The number of carbonyl (C=O) groups is 5. The molecular formula is C32H32ClF3N4O8. The Morgan fingerprint density at radius 2 is 1.60 bits per heavy atom. The number of nitrogens with zero attached hydrogens (tertiary/aromatic N) is 1. The summed E-state index contributed by atoms with van der Waals surface area (Å²) in [5.74, 6) is -7.07. The molecule has 3 rings (SSSR count). The molecule has 0 aliphatic rings. The van der Waals surface area contributed by atoms with Crippen molar-refractivity contribution in [2.24, 2.45) is 5.92 Å². The first-order valence-corrected chi connectivity index (χ1v) is 14.7. The van der Waals surface area contributed by atoms with E-state index in [1.165, 1.54) is 57.4 Å². The van der Waals surface area contributed by atoms with Crippen LogP contribution < -0.4 is 26.2 Å². The highest BCUT2D eigenvalue weighted by atomic mass is 35.5. The van der Waals surface area contributed by atoms with Gasteiger partial charge in [-0.2, -0.15) is 13.2 Å². The minimum absolute atomic E-state index is 0.110. The van der Waals surface area contributed by atoms with Crippen molar-refractivity contribution < 1.29 is 47.0 Å². The van der Waals surface area contributed by atoms with Gasteiger partial charge in [0.2, 0.25) is 11.8 Å². The Morgan fingerprint density at radius 1 is 0.938 bits per heavy atom. The van der Waals surface area contributed by atoms with Gasteiger partial charge >= 0.3 is 12.1 Å². The number of amides is 3. The maximum atomic E-state index is 13.8. The Labute approximate surface area is 277 Å². The normalized spacial score (nSPS) is 13.2. The summed E-state index contributed by atoms with van der Waals surface area (Å²) < 4.78 is 46.0. The molecule has 2 aromatic carbocycles. The van der Waals surface area contributed by atoms with Gasteiger partial charge in [0.05, 0.1) is 13.2 Å². The lowest BCUT2D eigenvalue weighted by atomic mass is 9.97. The number of nitrogens with one attached hydrogen (secondary N) is 3. The molecule has 12 nitrogen and oxygen atoms in total. The third-order valence-electron chi connectivity index (χ3n) is 7.04. The van der Waals surface area contributed by atoms with E-state index in [0.29, 0.717) is 16.3 Å². The molecule has 3 aromatic rings. The number of alkyl halides is 3. The second-order valence-electron chi connectivity index (χ2n) is 10.9. The Bertz CT molecular complexity index is 1730. The van der Waals surface area contributed by atoms with Gasteiger partial charge < -0.3 is 30.4 Å². The first kappa shape index (κ1) is 37.3. The third-order valence-corrected chi connectivity index (χ3v) is 7.27. The fourth-order valence-electron chi connectivity index (χ4n) is 4.56. The third kappa shape index (κ3) is 10.2. The molecule has 0 saturated heterocycles. The molecule has 0 aliphatic carbocycles. The Balaban J connectivity index is 1.99. The molecule has 1 heterocycles. The second kappa shape index (κ2) is 16.1. The molecule has 3 atom stereocenters. The number of aromatic nitrogens is 1. The van der Waals surface area contributed by atoms with Crippen molar-refractivity contribution in [2.75, 3.05) is 7.11 Å². The average molecular weight is 693 g/mol. The van der Waals surface area contributed by atoms with E-state index in [2.05, 4.69) is 16.0 Å². The Hall–Kier alpha value is -5.18. The standard InChI is InChI=1S/C32H32ClF3N4O8/c1-17(2)26(28(44)32(34,35)36)38-31(47)27(19-7-9-22(48-3)10-8-19)39-30(46)23(14-18-5-4-6-21(33)13-18)37-29(45)20-11-12-40(16-25(42)43)24(41)15-20/h4-13,15,17,23,26-27H,14,16H2,1-3H3,(H,37,45)(H,38,47)(H,39,46)(H,42,43). The van der Waals surface area contributed by atoms with E-state index < -0.39 is 71.8 Å². The van der Waals surface area contributed by atoms with Gasteiger partial charge in [-0.1, -0.05) is 49.7 Å². The number of hydrogen-bond acceptors (Lipinski definition) is 7. The molecule has 16 heteroatoms. The van der Waals surface area contributed by atoms with Crippen LogP contribution in [0.4, 0.5) is 13.2 Å². The number of benzene rings is 2. The van der Waals surface area contributed by atoms with Gasteiger partial charge in [0.15, 0.2) is 0 Å². The predicted octanol–water partition coefficient (Wildman–Crippen LogP) is 3.07. The number of carboxylic acids is 1. The van der Waals surface area contributed by atoms with Crippen molar-refractivity contribution in [3.05, 3.63) is 98.9 Å². The number of carbonyl (C=O) groups excluding carboxylic acids is 4. The van der Waals surface area contributed by atoms with Crippen LogP contribution in [0.15, 0.2) is 71.7 Å². The number of ketones is 1. The lowest BCUT2D eigenvalue weighted by Crippen LogP contribution is -2.55. The van der Waals surface area contributed by atoms with Gasteiger partial charge in [0.25, 0.3) is 17.2 Å². The van der Waals surface area contributed by atoms with Crippen molar-refractivity contribution in [3.63, 3.8) is 0 Å². The molecule has 3 amide bonds. The number of hydrogen-bond donors (Lipinski definition) is 4.